The van der Waals surface area contributed by atoms with E-state index in [-0.39, 0.29) is 0 Å². The molecule has 0 atom stereocenters. The van der Waals surface area contributed by atoms with E-state index in [4.69, 9.17) is 16.3 Å². The molecule has 0 radical (unpaired) electrons. The highest BCUT2D eigenvalue weighted by Crippen LogP contribution is 2.19. The molecule has 0 spiro atoms. The van der Waals surface area contributed by atoms with Crippen molar-refractivity contribution in [1.29, 1.82) is 0 Å². The van der Waals surface area contributed by atoms with Gasteiger partial charge < -0.3 is 15.4 Å². The molecule has 0 aromatic carbocycles. The average molecular weight is 287 g/mol. The normalized spacial score (nSPS) is 10.5. The zero-order valence-corrected chi connectivity index (χ0v) is 12.5. The number of anilines is 2. The van der Waals surface area contributed by atoms with E-state index in [0.29, 0.717) is 16.8 Å². The summed E-state index contributed by atoms with van der Waals surface area (Å²) in [5, 5.41) is 6.94. The second-order valence-corrected chi connectivity index (χ2v) is 4.70. The fourth-order valence-electron chi connectivity index (χ4n) is 1.57. The van der Waals surface area contributed by atoms with Gasteiger partial charge in [-0.2, -0.15) is 4.98 Å². The third-order valence-electron chi connectivity index (χ3n) is 2.59. The molecule has 1 aromatic heterocycles. The zero-order valence-electron chi connectivity index (χ0n) is 11.7. The van der Waals surface area contributed by atoms with Crippen molar-refractivity contribution in [2.75, 3.05) is 37.4 Å². The molecule has 19 heavy (non-hydrogen) atoms. The first-order valence-electron chi connectivity index (χ1n) is 6.77. The molecule has 5 nitrogen and oxygen atoms in total. The first-order valence-corrected chi connectivity index (χ1v) is 7.15. The van der Waals surface area contributed by atoms with Crippen LogP contribution in [0.2, 0.25) is 5.02 Å². The largest absolute Gasteiger partial charge is 0.385 e. The van der Waals surface area contributed by atoms with Crippen LogP contribution in [0.15, 0.2) is 6.20 Å². The molecule has 0 aliphatic carbocycles. The van der Waals surface area contributed by atoms with Gasteiger partial charge in [-0.1, -0.05) is 18.5 Å². The van der Waals surface area contributed by atoms with Gasteiger partial charge in [0.2, 0.25) is 5.95 Å². The number of aromatic nitrogens is 2. The average Bonchev–Trinajstić information content (AvgIpc) is 2.43. The maximum absolute atomic E-state index is 6.06. The highest BCUT2D eigenvalue weighted by molar-refractivity contribution is 6.32. The van der Waals surface area contributed by atoms with Gasteiger partial charge in [0, 0.05) is 26.8 Å². The number of rotatable bonds is 10. The molecule has 1 heterocycles. The van der Waals surface area contributed by atoms with E-state index >= 15 is 0 Å². The number of nitrogens with one attached hydrogen (secondary N) is 2. The van der Waals surface area contributed by atoms with Gasteiger partial charge in [-0.25, -0.2) is 4.98 Å². The summed E-state index contributed by atoms with van der Waals surface area (Å²) >= 11 is 6.06. The van der Waals surface area contributed by atoms with Crippen LogP contribution in [0.25, 0.3) is 0 Å². The number of ether oxygens (including phenoxy) is 1. The standard InChI is InChI=1S/C13H23ClN4O/c1-3-7-16-13-17-10-11(14)12(18-13)15-8-5-4-6-9-19-2/h10H,3-9H2,1-2H3,(H2,15,16,17,18). The molecular formula is C13H23ClN4O. The van der Waals surface area contributed by atoms with E-state index in [1.54, 1.807) is 13.3 Å². The molecule has 0 aliphatic heterocycles. The molecule has 0 unspecified atom stereocenters. The molecule has 108 valence electrons. The first kappa shape index (κ1) is 16.0. The van der Waals surface area contributed by atoms with Crippen molar-refractivity contribution in [1.82, 2.24) is 9.97 Å². The van der Waals surface area contributed by atoms with Crippen LogP contribution in [-0.4, -0.2) is 36.8 Å². The predicted molar refractivity (Wildman–Crippen MR) is 80.0 cm³/mol. The Morgan fingerprint density at radius 2 is 2.05 bits per heavy atom. The zero-order chi connectivity index (χ0) is 13.9. The summed E-state index contributed by atoms with van der Waals surface area (Å²) < 4.78 is 5.01. The minimum Gasteiger partial charge on any atom is -0.385 e. The van der Waals surface area contributed by atoms with Crippen LogP contribution < -0.4 is 10.6 Å². The van der Waals surface area contributed by atoms with Crippen molar-refractivity contribution in [3.8, 4) is 0 Å². The Hall–Kier alpha value is -1.07. The van der Waals surface area contributed by atoms with Crippen molar-refractivity contribution in [2.24, 2.45) is 0 Å². The van der Waals surface area contributed by atoms with Gasteiger partial charge >= 0.3 is 0 Å². The summed E-state index contributed by atoms with van der Waals surface area (Å²) in [6, 6.07) is 0. The Morgan fingerprint density at radius 3 is 2.79 bits per heavy atom. The molecule has 0 saturated carbocycles. The van der Waals surface area contributed by atoms with E-state index < -0.39 is 0 Å². The maximum Gasteiger partial charge on any atom is 0.224 e. The summed E-state index contributed by atoms with van der Waals surface area (Å²) in [5.74, 6) is 1.31. The van der Waals surface area contributed by atoms with Gasteiger partial charge in [-0.05, 0) is 25.7 Å². The van der Waals surface area contributed by atoms with Crippen molar-refractivity contribution >= 4 is 23.4 Å². The Morgan fingerprint density at radius 1 is 1.21 bits per heavy atom. The number of hydrogen-bond donors (Lipinski definition) is 2. The lowest BCUT2D eigenvalue weighted by Gasteiger charge is -2.09. The lowest BCUT2D eigenvalue weighted by molar-refractivity contribution is 0.192. The Kier molecular flexibility index (Phi) is 8.25. The van der Waals surface area contributed by atoms with Crippen molar-refractivity contribution in [3.05, 3.63) is 11.2 Å². The Labute approximate surface area is 120 Å². The quantitative estimate of drug-likeness (QED) is 0.647. The highest BCUT2D eigenvalue weighted by Gasteiger charge is 2.04. The fraction of sp³-hybridized carbons (Fsp3) is 0.692. The van der Waals surface area contributed by atoms with Crippen molar-refractivity contribution < 1.29 is 4.74 Å². The second-order valence-electron chi connectivity index (χ2n) is 4.30. The van der Waals surface area contributed by atoms with E-state index in [0.717, 1.165) is 45.4 Å². The monoisotopic (exact) mass is 286 g/mol. The molecule has 0 fully saturated rings. The molecule has 0 saturated heterocycles. The van der Waals surface area contributed by atoms with Crippen molar-refractivity contribution in [2.45, 2.75) is 32.6 Å². The smallest absolute Gasteiger partial charge is 0.224 e. The summed E-state index contributed by atoms with van der Waals surface area (Å²) in [7, 11) is 1.73. The van der Waals surface area contributed by atoms with Crippen LogP contribution >= 0.6 is 11.6 Å². The van der Waals surface area contributed by atoms with Crippen LogP contribution in [0.5, 0.6) is 0 Å². The minimum absolute atomic E-state index is 0.555. The topological polar surface area (TPSA) is 59.1 Å². The summed E-state index contributed by atoms with van der Waals surface area (Å²) in [5.41, 5.74) is 0. The summed E-state index contributed by atoms with van der Waals surface area (Å²) in [6.07, 6.45) is 5.94. The van der Waals surface area contributed by atoms with Crippen LogP contribution in [0.3, 0.4) is 0 Å². The minimum atomic E-state index is 0.555. The molecular weight excluding hydrogens is 264 g/mol. The number of methoxy groups -OCH3 is 1. The second kappa shape index (κ2) is 9.81. The lowest BCUT2D eigenvalue weighted by Crippen LogP contribution is -2.09. The number of unbranched alkanes of at least 4 members (excludes halogenated alkanes) is 2. The predicted octanol–water partition coefficient (Wildman–Crippen LogP) is 3.18. The summed E-state index contributed by atoms with van der Waals surface area (Å²) in [6.45, 7) is 4.63. The number of nitrogens with zero attached hydrogens (tertiary/aromatic N) is 2. The molecule has 0 aliphatic rings. The third kappa shape index (κ3) is 6.59. The van der Waals surface area contributed by atoms with Crippen LogP contribution in [0, 0.1) is 0 Å². The maximum atomic E-state index is 6.06. The van der Waals surface area contributed by atoms with Gasteiger partial charge in [0.1, 0.15) is 10.8 Å². The first-order chi connectivity index (χ1) is 9.27. The fourth-order valence-corrected chi connectivity index (χ4v) is 1.73. The SMILES string of the molecule is CCCNc1ncc(Cl)c(NCCCCCOC)n1. The van der Waals surface area contributed by atoms with E-state index in [2.05, 4.69) is 27.5 Å². The third-order valence-corrected chi connectivity index (χ3v) is 2.87. The molecule has 2 N–H and O–H groups in total. The number of hydrogen-bond acceptors (Lipinski definition) is 5. The van der Waals surface area contributed by atoms with Crippen LogP contribution in [0.4, 0.5) is 11.8 Å². The van der Waals surface area contributed by atoms with Crippen molar-refractivity contribution in [3.63, 3.8) is 0 Å². The Balaban J connectivity index is 2.34. The molecule has 0 amide bonds. The van der Waals surface area contributed by atoms with Crippen LogP contribution in [0.1, 0.15) is 32.6 Å². The van der Waals surface area contributed by atoms with Gasteiger partial charge in [0.25, 0.3) is 0 Å². The van der Waals surface area contributed by atoms with Crippen LogP contribution in [-0.2, 0) is 4.74 Å². The Bertz CT molecular complexity index is 362. The van der Waals surface area contributed by atoms with E-state index in [1.165, 1.54) is 0 Å². The number of halogens is 1. The van der Waals surface area contributed by atoms with Gasteiger partial charge in [-0.15, -0.1) is 0 Å². The van der Waals surface area contributed by atoms with Gasteiger partial charge in [0.05, 0.1) is 6.20 Å². The molecule has 6 heteroatoms. The van der Waals surface area contributed by atoms with E-state index in [1.807, 2.05) is 0 Å². The molecule has 1 aromatic rings. The van der Waals surface area contributed by atoms with Gasteiger partial charge in [-0.3, -0.25) is 0 Å². The molecule has 0 bridgehead atoms. The molecule has 1 rings (SSSR count). The van der Waals surface area contributed by atoms with Gasteiger partial charge in [0.15, 0.2) is 0 Å². The highest BCUT2D eigenvalue weighted by atomic mass is 35.5. The lowest BCUT2D eigenvalue weighted by atomic mass is 10.2. The summed E-state index contributed by atoms with van der Waals surface area (Å²) in [4.78, 5) is 8.49. The van der Waals surface area contributed by atoms with E-state index in [9.17, 15) is 0 Å².